The molecule has 0 spiro atoms. The minimum absolute atomic E-state index is 0.0757. The van der Waals surface area contributed by atoms with Gasteiger partial charge in [0.1, 0.15) is 0 Å². The molecular formula is C23H23ClN2O. The van der Waals surface area contributed by atoms with Gasteiger partial charge < -0.3 is 5.32 Å². The van der Waals surface area contributed by atoms with Crippen LogP contribution in [-0.4, -0.2) is 10.9 Å². The number of carbonyl (C=O) groups is 1. The van der Waals surface area contributed by atoms with Crippen molar-refractivity contribution in [3.05, 3.63) is 71.0 Å². The SMILES string of the molecule is Cc1nccc2c(NC(=O)C3CCC(c4ccc(Cl)cc4)CC3)cccc12. The number of benzene rings is 2. The van der Waals surface area contributed by atoms with E-state index in [0.29, 0.717) is 5.92 Å². The van der Waals surface area contributed by atoms with E-state index in [4.69, 9.17) is 11.6 Å². The van der Waals surface area contributed by atoms with E-state index < -0.39 is 0 Å². The summed E-state index contributed by atoms with van der Waals surface area (Å²) in [5.41, 5.74) is 3.19. The lowest BCUT2D eigenvalue weighted by Gasteiger charge is -2.28. The smallest absolute Gasteiger partial charge is 0.227 e. The fraction of sp³-hybridized carbons (Fsp3) is 0.304. The average Bonchev–Trinajstić information content (AvgIpc) is 2.69. The lowest BCUT2D eigenvalue weighted by atomic mass is 9.78. The molecule has 0 unspecified atom stereocenters. The third-order valence-corrected chi connectivity index (χ3v) is 5.95. The fourth-order valence-corrected chi connectivity index (χ4v) is 4.25. The maximum atomic E-state index is 12.8. The summed E-state index contributed by atoms with van der Waals surface area (Å²) in [5, 5.41) is 6.06. The molecule has 27 heavy (non-hydrogen) atoms. The predicted molar refractivity (Wildman–Crippen MR) is 111 cm³/mol. The summed E-state index contributed by atoms with van der Waals surface area (Å²) >= 11 is 5.99. The summed E-state index contributed by atoms with van der Waals surface area (Å²) in [6.07, 6.45) is 5.72. The Morgan fingerprint density at radius 3 is 2.48 bits per heavy atom. The summed E-state index contributed by atoms with van der Waals surface area (Å²) in [6, 6.07) is 16.1. The van der Waals surface area contributed by atoms with Crippen molar-refractivity contribution in [2.24, 2.45) is 5.92 Å². The highest BCUT2D eigenvalue weighted by Gasteiger charge is 2.27. The van der Waals surface area contributed by atoms with E-state index in [1.165, 1.54) is 5.56 Å². The Hall–Kier alpha value is -2.39. The second-order valence-corrected chi connectivity index (χ2v) is 7.82. The quantitative estimate of drug-likeness (QED) is 0.597. The first-order valence-corrected chi connectivity index (χ1v) is 9.90. The first-order valence-electron chi connectivity index (χ1n) is 9.52. The molecule has 4 rings (SSSR count). The monoisotopic (exact) mass is 378 g/mol. The second kappa shape index (κ2) is 7.69. The summed E-state index contributed by atoms with van der Waals surface area (Å²) in [4.78, 5) is 17.2. The molecule has 2 aromatic carbocycles. The number of rotatable bonds is 3. The van der Waals surface area contributed by atoms with Crippen LogP contribution in [0.25, 0.3) is 10.8 Å². The Morgan fingerprint density at radius 2 is 1.74 bits per heavy atom. The van der Waals surface area contributed by atoms with Crippen molar-refractivity contribution >= 4 is 34.0 Å². The molecule has 1 aliphatic carbocycles. The van der Waals surface area contributed by atoms with Gasteiger partial charge in [0.25, 0.3) is 0 Å². The van der Waals surface area contributed by atoms with Crippen LogP contribution >= 0.6 is 11.6 Å². The second-order valence-electron chi connectivity index (χ2n) is 7.39. The Morgan fingerprint density at radius 1 is 1.00 bits per heavy atom. The van der Waals surface area contributed by atoms with Crippen molar-refractivity contribution in [2.75, 3.05) is 5.32 Å². The van der Waals surface area contributed by atoms with Crippen LogP contribution < -0.4 is 5.32 Å². The molecule has 0 saturated heterocycles. The minimum atomic E-state index is 0.0757. The molecule has 138 valence electrons. The zero-order valence-corrected chi connectivity index (χ0v) is 16.2. The summed E-state index contributed by atoms with van der Waals surface area (Å²) in [5.74, 6) is 0.732. The standard InChI is InChI=1S/C23H23ClN2O/c1-15-20-3-2-4-22(21(20)13-14-25-15)26-23(27)18-7-5-16(6-8-18)17-9-11-19(24)12-10-17/h2-4,9-14,16,18H,5-8H2,1H3,(H,26,27). The topological polar surface area (TPSA) is 42.0 Å². The molecule has 0 aliphatic heterocycles. The van der Waals surface area contributed by atoms with Gasteiger partial charge in [-0.25, -0.2) is 0 Å². The molecule has 4 heteroatoms. The fourth-order valence-electron chi connectivity index (χ4n) is 4.12. The normalized spacial score (nSPS) is 19.8. The van der Waals surface area contributed by atoms with Gasteiger partial charge in [-0.15, -0.1) is 0 Å². The first-order chi connectivity index (χ1) is 13.1. The number of aromatic nitrogens is 1. The third kappa shape index (κ3) is 3.84. The van der Waals surface area contributed by atoms with E-state index in [1.807, 2.05) is 43.3 Å². The van der Waals surface area contributed by atoms with Gasteiger partial charge >= 0.3 is 0 Å². The van der Waals surface area contributed by atoms with Crippen molar-refractivity contribution in [2.45, 2.75) is 38.5 Å². The van der Waals surface area contributed by atoms with Gasteiger partial charge in [0.15, 0.2) is 0 Å². The Labute approximate surface area is 164 Å². The Kier molecular flexibility index (Phi) is 5.13. The lowest BCUT2D eigenvalue weighted by Crippen LogP contribution is -2.26. The number of nitrogens with zero attached hydrogens (tertiary/aromatic N) is 1. The highest BCUT2D eigenvalue weighted by atomic mass is 35.5. The number of nitrogens with one attached hydrogen (secondary N) is 1. The first kappa shape index (κ1) is 18.0. The number of pyridine rings is 1. The Bertz CT molecular complexity index is 960. The number of anilines is 1. The molecule has 1 saturated carbocycles. The van der Waals surface area contributed by atoms with E-state index in [9.17, 15) is 4.79 Å². The van der Waals surface area contributed by atoms with Gasteiger partial charge in [-0.1, -0.05) is 35.9 Å². The number of fused-ring (bicyclic) bond motifs is 1. The van der Waals surface area contributed by atoms with Crippen LogP contribution in [0, 0.1) is 12.8 Å². The molecule has 3 nitrogen and oxygen atoms in total. The van der Waals surface area contributed by atoms with Gasteiger partial charge in [-0.2, -0.15) is 0 Å². The molecular weight excluding hydrogens is 356 g/mol. The number of halogens is 1. The molecule has 0 bridgehead atoms. The van der Waals surface area contributed by atoms with Crippen molar-refractivity contribution in [1.29, 1.82) is 0 Å². The number of carbonyl (C=O) groups excluding carboxylic acids is 1. The Balaban J connectivity index is 1.43. The number of hydrogen-bond donors (Lipinski definition) is 1. The van der Waals surface area contributed by atoms with E-state index >= 15 is 0 Å². The van der Waals surface area contributed by atoms with Crippen LogP contribution in [-0.2, 0) is 4.79 Å². The zero-order chi connectivity index (χ0) is 18.8. The summed E-state index contributed by atoms with van der Waals surface area (Å²) in [6.45, 7) is 1.99. The van der Waals surface area contributed by atoms with Crippen LogP contribution in [0.3, 0.4) is 0 Å². The molecule has 1 fully saturated rings. The van der Waals surface area contributed by atoms with Crippen molar-refractivity contribution in [3.8, 4) is 0 Å². The number of hydrogen-bond acceptors (Lipinski definition) is 2. The maximum Gasteiger partial charge on any atom is 0.227 e. The van der Waals surface area contributed by atoms with E-state index in [1.54, 1.807) is 6.20 Å². The number of amides is 1. The van der Waals surface area contributed by atoms with E-state index in [-0.39, 0.29) is 11.8 Å². The van der Waals surface area contributed by atoms with Crippen molar-refractivity contribution < 1.29 is 4.79 Å². The highest BCUT2D eigenvalue weighted by molar-refractivity contribution is 6.30. The third-order valence-electron chi connectivity index (χ3n) is 5.70. The largest absolute Gasteiger partial charge is 0.325 e. The average molecular weight is 379 g/mol. The van der Waals surface area contributed by atoms with Gasteiger partial charge in [0.2, 0.25) is 5.91 Å². The molecule has 1 amide bonds. The predicted octanol–water partition coefficient (Wildman–Crippen LogP) is 6.11. The van der Waals surface area contributed by atoms with Crippen LogP contribution in [0.5, 0.6) is 0 Å². The molecule has 1 aliphatic rings. The van der Waals surface area contributed by atoms with Gasteiger partial charge in [0, 0.05) is 39.3 Å². The molecule has 3 aromatic rings. The zero-order valence-electron chi connectivity index (χ0n) is 15.4. The number of aryl methyl sites for hydroxylation is 1. The van der Waals surface area contributed by atoms with Crippen LogP contribution in [0.1, 0.15) is 42.9 Å². The highest BCUT2D eigenvalue weighted by Crippen LogP contribution is 2.37. The summed E-state index contributed by atoms with van der Waals surface area (Å²) in [7, 11) is 0. The van der Waals surface area contributed by atoms with Crippen molar-refractivity contribution in [1.82, 2.24) is 4.98 Å². The molecule has 0 radical (unpaired) electrons. The van der Waals surface area contributed by atoms with Gasteiger partial charge in [0.05, 0.1) is 0 Å². The van der Waals surface area contributed by atoms with Crippen molar-refractivity contribution in [3.63, 3.8) is 0 Å². The van der Waals surface area contributed by atoms with Gasteiger partial charge in [-0.05, 0) is 68.4 Å². The molecule has 1 heterocycles. The van der Waals surface area contributed by atoms with E-state index in [0.717, 1.165) is 52.9 Å². The minimum Gasteiger partial charge on any atom is -0.325 e. The van der Waals surface area contributed by atoms with Crippen LogP contribution in [0.4, 0.5) is 5.69 Å². The summed E-state index contributed by atoms with van der Waals surface area (Å²) < 4.78 is 0. The lowest BCUT2D eigenvalue weighted by molar-refractivity contribution is -0.120. The maximum absolute atomic E-state index is 12.8. The van der Waals surface area contributed by atoms with Crippen LogP contribution in [0.2, 0.25) is 5.02 Å². The molecule has 1 N–H and O–H groups in total. The van der Waals surface area contributed by atoms with E-state index in [2.05, 4.69) is 22.4 Å². The van der Waals surface area contributed by atoms with Crippen LogP contribution in [0.15, 0.2) is 54.7 Å². The molecule has 1 aromatic heterocycles. The van der Waals surface area contributed by atoms with Gasteiger partial charge in [-0.3, -0.25) is 9.78 Å². The molecule has 0 atom stereocenters.